The number of benzene rings is 1. The third kappa shape index (κ3) is 3.45. The molecule has 2 aromatic rings. The number of nitrogens with one attached hydrogen (secondary N) is 1. The maximum absolute atomic E-state index is 11.0. The molecule has 1 heterocycles. The summed E-state index contributed by atoms with van der Waals surface area (Å²) < 4.78 is 0.964. The molecule has 4 nitrogen and oxygen atoms in total. The Morgan fingerprint density at radius 3 is 2.90 bits per heavy atom. The first-order chi connectivity index (χ1) is 9.58. The van der Waals surface area contributed by atoms with Crippen molar-refractivity contribution in [3.8, 4) is 0 Å². The fourth-order valence-electron chi connectivity index (χ4n) is 1.88. The number of fused-ring (bicyclic) bond motifs is 1. The van der Waals surface area contributed by atoms with E-state index in [0.29, 0.717) is 11.4 Å². The third-order valence-corrected chi connectivity index (χ3v) is 3.88. The number of carbonyl (C=O) groups is 2. The average Bonchev–Trinajstić information content (AvgIpc) is 2.83. The highest BCUT2D eigenvalue weighted by atomic mass is 32.1. The maximum atomic E-state index is 11.0. The first-order valence-corrected chi connectivity index (χ1v) is 7.06. The Kier molecular flexibility index (Phi) is 4.53. The standard InChI is InChI=1S/C15H15NO3S/c1-10(17)16-8-3-2-5-11-6-4-7-13-12(11)9-14(20-13)15(18)19/h2,4-7,9H,3,8H2,1H3,(H,16,17)(H,18,19). The van der Waals surface area contributed by atoms with Gasteiger partial charge in [-0.3, -0.25) is 4.79 Å². The van der Waals surface area contributed by atoms with Crippen molar-refractivity contribution in [2.24, 2.45) is 0 Å². The molecule has 0 atom stereocenters. The van der Waals surface area contributed by atoms with E-state index in [2.05, 4.69) is 5.32 Å². The minimum atomic E-state index is -0.896. The number of hydrogen-bond acceptors (Lipinski definition) is 3. The summed E-state index contributed by atoms with van der Waals surface area (Å²) in [4.78, 5) is 22.1. The largest absolute Gasteiger partial charge is 0.477 e. The molecule has 0 aliphatic rings. The first-order valence-electron chi connectivity index (χ1n) is 6.25. The summed E-state index contributed by atoms with van der Waals surface area (Å²) in [6, 6.07) is 7.49. The van der Waals surface area contributed by atoms with Gasteiger partial charge in [0, 0.05) is 23.6 Å². The Morgan fingerprint density at radius 2 is 2.20 bits per heavy atom. The average molecular weight is 289 g/mol. The van der Waals surface area contributed by atoms with Gasteiger partial charge in [-0.15, -0.1) is 11.3 Å². The molecule has 0 fully saturated rings. The van der Waals surface area contributed by atoms with E-state index in [-0.39, 0.29) is 5.91 Å². The molecule has 0 bridgehead atoms. The van der Waals surface area contributed by atoms with Gasteiger partial charge < -0.3 is 10.4 Å². The molecule has 0 unspecified atom stereocenters. The Bertz CT molecular complexity index is 673. The van der Waals surface area contributed by atoms with Gasteiger partial charge in [0.2, 0.25) is 5.91 Å². The topological polar surface area (TPSA) is 66.4 Å². The SMILES string of the molecule is CC(=O)NCCC=Cc1cccc2sc(C(=O)O)cc12. The van der Waals surface area contributed by atoms with Crippen molar-refractivity contribution in [3.63, 3.8) is 0 Å². The predicted octanol–water partition coefficient (Wildman–Crippen LogP) is 3.14. The van der Waals surface area contributed by atoms with Crippen molar-refractivity contribution < 1.29 is 14.7 Å². The molecule has 5 heteroatoms. The van der Waals surface area contributed by atoms with E-state index in [1.165, 1.54) is 18.3 Å². The number of carboxylic acids is 1. The summed E-state index contributed by atoms with van der Waals surface area (Å²) >= 11 is 1.28. The second kappa shape index (κ2) is 6.34. The fraction of sp³-hybridized carbons (Fsp3) is 0.200. The minimum absolute atomic E-state index is 0.0376. The second-order valence-corrected chi connectivity index (χ2v) is 5.43. The Balaban J connectivity index is 2.15. The molecule has 0 saturated heterocycles. The number of thiophene rings is 1. The molecule has 0 spiro atoms. The van der Waals surface area contributed by atoms with Crippen LogP contribution in [0.2, 0.25) is 0 Å². The van der Waals surface area contributed by atoms with Gasteiger partial charge in [0.1, 0.15) is 4.88 Å². The fourth-order valence-corrected chi connectivity index (χ4v) is 2.81. The van der Waals surface area contributed by atoms with Crippen LogP contribution < -0.4 is 5.32 Å². The van der Waals surface area contributed by atoms with Crippen LogP contribution in [-0.2, 0) is 4.79 Å². The van der Waals surface area contributed by atoms with E-state index in [4.69, 9.17) is 5.11 Å². The van der Waals surface area contributed by atoms with Gasteiger partial charge in [-0.25, -0.2) is 4.79 Å². The second-order valence-electron chi connectivity index (χ2n) is 4.35. The molecular formula is C15H15NO3S. The minimum Gasteiger partial charge on any atom is -0.477 e. The van der Waals surface area contributed by atoms with Crippen LogP contribution in [0.1, 0.15) is 28.6 Å². The van der Waals surface area contributed by atoms with Crippen molar-refractivity contribution in [1.29, 1.82) is 0 Å². The summed E-state index contributed by atoms with van der Waals surface area (Å²) in [7, 11) is 0. The van der Waals surface area contributed by atoms with Crippen molar-refractivity contribution >= 4 is 39.4 Å². The summed E-state index contributed by atoms with van der Waals surface area (Å²) in [5.41, 5.74) is 0.995. The van der Waals surface area contributed by atoms with E-state index in [1.807, 2.05) is 30.4 Å². The normalized spacial score (nSPS) is 11.1. The van der Waals surface area contributed by atoms with E-state index < -0.39 is 5.97 Å². The molecule has 0 aliphatic carbocycles. The number of carbonyl (C=O) groups excluding carboxylic acids is 1. The Hall–Kier alpha value is -2.14. The lowest BCUT2D eigenvalue weighted by atomic mass is 10.1. The molecule has 1 aromatic heterocycles. The van der Waals surface area contributed by atoms with Crippen LogP contribution in [0.3, 0.4) is 0 Å². The highest BCUT2D eigenvalue weighted by molar-refractivity contribution is 7.20. The molecule has 2 N–H and O–H groups in total. The number of amides is 1. The van der Waals surface area contributed by atoms with E-state index in [1.54, 1.807) is 6.07 Å². The zero-order valence-electron chi connectivity index (χ0n) is 11.1. The van der Waals surface area contributed by atoms with Crippen LogP contribution in [0.25, 0.3) is 16.2 Å². The smallest absolute Gasteiger partial charge is 0.345 e. The lowest BCUT2D eigenvalue weighted by molar-refractivity contribution is -0.118. The third-order valence-electron chi connectivity index (χ3n) is 2.79. The Morgan fingerprint density at radius 1 is 1.40 bits per heavy atom. The van der Waals surface area contributed by atoms with Gasteiger partial charge in [-0.1, -0.05) is 24.3 Å². The van der Waals surface area contributed by atoms with Gasteiger partial charge in [-0.2, -0.15) is 0 Å². The number of hydrogen-bond donors (Lipinski definition) is 2. The van der Waals surface area contributed by atoms with E-state index in [0.717, 1.165) is 22.1 Å². The van der Waals surface area contributed by atoms with Crippen molar-refractivity contribution in [3.05, 3.63) is 40.8 Å². The van der Waals surface area contributed by atoms with Crippen LogP contribution in [0.15, 0.2) is 30.3 Å². The maximum Gasteiger partial charge on any atom is 0.345 e. The lowest BCUT2D eigenvalue weighted by Gasteiger charge is -1.98. The van der Waals surface area contributed by atoms with Gasteiger partial charge in [0.15, 0.2) is 0 Å². The zero-order valence-corrected chi connectivity index (χ0v) is 11.9. The van der Waals surface area contributed by atoms with Crippen LogP contribution in [0.5, 0.6) is 0 Å². The highest BCUT2D eigenvalue weighted by Gasteiger charge is 2.09. The van der Waals surface area contributed by atoms with Crippen molar-refractivity contribution in [2.75, 3.05) is 6.54 Å². The quantitative estimate of drug-likeness (QED) is 0.831. The van der Waals surface area contributed by atoms with Crippen LogP contribution in [0, 0.1) is 0 Å². The first kappa shape index (κ1) is 14.3. The van der Waals surface area contributed by atoms with Crippen LogP contribution in [0.4, 0.5) is 0 Å². The Labute approximate surface area is 120 Å². The van der Waals surface area contributed by atoms with Crippen molar-refractivity contribution in [1.82, 2.24) is 5.32 Å². The summed E-state index contributed by atoms with van der Waals surface area (Å²) in [6.07, 6.45) is 4.68. The molecular weight excluding hydrogens is 274 g/mol. The molecule has 104 valence electrons. The lowest BCUT2D eigenvalue weighted by Crippen LogP contribution is -2.20. The molecule has 1 aromatic carbocycles. The highest BCUT2D eigenvalue weighted by Crippen LogP contribution is 2.29. The van der Waals surface area contributed by atoms with Crippen LogP contribution >= 0.6 is 11.3 Å². The number of aromatic carboxylic acids is 1. The number of carboxylic acid groups (broad SMARTS) is 1. The van der Waals surface area contributed by atoms with E-state index in [9.17, 15) is 9.59 Å². The van der Waals surface area contributed by atoms with Gasteiger partial charge in [-0.05, 0) is 24.1 Å². The van der Waals surface area contributed by atoms with Gasteiger partial charge in [0.05, 0.1) is 0 Å². The molecule has 0 saturated carbocycles. The molecule has 20 heavy (non-hydrogen) atoms. The summed E-state index contributed by atoms with van der Waals surface area (Å²) in [6.45, 7) is 2.09. The monoisotopic (exact) mass is 289 g/mol. The predicted molar refractivity (Wildman–Crippen MR) is 81.1 cm³/mol. The van der Waals surface area contributed by atoms with Gasteiger partial charge >= 0.3 is 5.97 Å². The molecule has 1 amide bonds. The number of rotatable bonds is 5. The molecule has 2 rings (SSSR count). The summed E-state index contributed by atoms with van der Waals surface area (Å²) in [5, 5.41) is 12.7. The van der Waals surface area contributed by atoms with E-state index >= 15 is 0 Å². The molecule has 0 radical (unpaired) electrons. The molecule has 0 aliphatic heterocycles. The summed E-state index contributed by atoms with van der Waals surface area (Å²) in [5.74, 6) is -0.934. The van der Waals surface area contributed by atoms with Gasteiger partial charge in [0.25, 0.3) is 0 Å². The van der Waals surface area contributed by atoms with Crippen LogP contribution in [-0.4, -0.2) is 23.5 Å². The zero-order chi connectivity index (χ0) is 14.5. The van der Waals surface area contributed by atoms with Crippen molar-refractivity contribution in [2.45, 2.75) is 13.3 Å².